The monoisotopic (exact) mass is 522 g/mol. The van der Waals surface area contributed by atoms with Crippen molar-refractivity contribution in [2.45, 2.75) is 64.4 Å². The van der Waals surface area contributed by atoms with E-state index >= 15 is 0 Å². The van der Waals surface area contributed by atoms with Crippen LogP contribution in [0.15, 0.2) is 18.2 Å². The van der Waals surface area contributed by atoms with Crippen molar-refractivity contribution in [1.29, 1.82) is 0 Å². The maximum absolute atomic E-state index is 15.0. The number of carbonyl (C=O) groups excluding carboxylic acids is 2. The van der Waals surface area contributed by atoms with Crippen LogP contribution in [0, 0.1) is 23.6 Å². The fraction of sp³-hybridized carbons (Fsp3) is 0.464. The van der Waals surface area contributed by atoms with Crippen molar-refractivity contribution in [2.75, 3.05) is 13.1 Å². The van der Waals surface area contributed by atoms with Crippen molar-refractivity contribution in [3.05, 3.63) is 46.5 Å². The number of ether oxygens (including phenoxy) is 1. The molecule has 4 heterocycles. The van der Waals surface area contributed by atoms with Gasteiger partial charge in [-0.1, -0.05) is 17.9 Å². The van der Waals surface area contributed by atoms with Crippen LogP contribution in [0.2, 0.25) is 0 Å². The molecular formula is C28H31FN4O5. The molecule has 4 aliphatic rings. The second-order valence-electron chi connectivity index (χ2n) is 11.6. The van der Waals surface area contributed by atoms with E-state index in [1.54, 1.807) is 31.4 Å². The molecule has 1 aromatic carbocycles. The Kier molecular flexibility index (Phi) is 5.93. The highest BCUT2D eigenvalue weighted by Gasteiger charge is 2.44. The number of aliphatic hydroxyl groups excluding tert-OH is 1. The van der Waals surface area contributed by atoms with Crippen LogP contribution in [-0.2, 0) is 4.74 Å². The molecule has 1 fully saturated rings. The topological polar surface area (TPSA) is 131 Å². The maximum atomic E-state index is 15.0. The van der Waals surface area contributed by atoms with E-state index in [1.807, 2.05) is 6.08 Å². The number of primary amides is 1. The number of rotatable bonds is 3. The minimum atomic E-state index is -1.31. The van der Waals surface area contributed by atoms with E-state index in [0.717, 1.165) is 5.57 Å². The van der Waals surface area contributed by atoms with Gasteiger partial charge in [-0.15, -0.1) is 0 Å². The van der Waals surface area contributed by atoms with Gasteiger partial charge in [0.1, 0.15) is 28.9 Å². The van der Waals surface area contributed by atoms with Crippen molar-refractivity contribution in [2.24, 2.45) is 11.7 Å². The number of benzene rings is 1. The van der Waals surface area contributed by atoms with Gasteiger partial charge in [-0.3, -0.25) is 4.79 Å². The van der Waals surface area contributed by atoms with E-state index in [-0.39, 0.29) is 42.0 Å². The lowest BCUT2D eigenvalue weighted by molar-refractivity contribution is -0.0335. The number of imidazole rings is 1. The molecule has 2 aromatic rings. The average Bonchev–Trinajstić information content (AvgIpc) is 2.98. The van der Waals surface area contributed by atoms with Gasteiger partial charge in [0.25, 0.3) is 5.91 Å². The first-order valence-corrected chi connectivity index (χ1v) is 12.5. The summed E-state index contributed by atoms with van der Waals surface area (Å²) in [5.74, 6) is 4.02. The molecule has 9 nitrogen and oxygen atoms in total. The highest BCUT2D eigenvalue weighted by atomic mass is 19.1. The van der Waals surface area contributed by atoms with Gasteiger partial charge in [0, 0.05) is 24.6 Å². The summed E-state index contributed by atoms with van der Waals surface area (Å²) in [6.45, 7) is 8.85. The average molecular weight is 523 g/mol. The molecule has 1 unspecified atom stereocenters. The van der Waals surface area contributed by atoms with Crippen LogP contribution < -0.4 is 5.73 Å². The molecule has 4 N–H and O–H groups in total. The molecule has 2 amide bonds. The molecule has 1 saturated heterocycles. The molecule has 6 rings (SSSR count). The molecule has 2 bridgehead atoms. The molecule has 0 radical (unpaired) electrons. The van der Waals surface area contributed by atoms with Crippen LogP contribution in [0.25, 0.3) is 17.0 Å². The zero-order chi connectivity index (χ0) is 27.7. The summed E-state index contributed by atoms with van der Waals surface area (Å²) >= 11 is 0. The van der Waals surface area contributed by atoms with Gasteiger partial charge in [0.2, 0.25) is 0 Å². The van der Waals surface area contributed by atoms with Gasteiger partial charge in [0.15, 0.2) is 5.69 Å². The smallest absolute Gasteiger partial charge is 0.410 e. The maximum Gasteiger partial charge on any atom is 0.410 e. The molecule has 3 aliphatic heterocycles. The van der Waals surface area contributed by atoms with Crippen molar-refractivity contribution in [1.82, 2.24) is 14.5 Å². The van der Waals surface area contributed by atoms with Crippen LogP contribution in [-0.4, -0.2) is 61.0 Å². The Hall–Kier alpha value is -3.68. The van der Waals surface area contributed by atoms with Crippen LogP contribution >= 0.6 is 0 Å². The number of aromatic nitrogens is 2. The highest BCUT2D eigenvalue weighted by molar-refractivity contribution is 5.94. The number of hydrogen-bond acceptors (Lipinski definition) is 6. The van der Waals surface area contributed by atoms with E-state index in [2.05, 4.69) is 16.8 Å². The lowest BCUT2D eigenvalue weighted by Gasteiger charge is -2.42. The SMILES string of the molecule is CC(C)(O)C#Cc1cc2c(cc1F)C1=C[C@H](C1)n1c-2nc(C(N)=O)c1C(O)C1CN(C(=O)OC(C)(C)C)C1. The van der Waals surface area contributed by atoms with Gasteiger partial charge in [0.05, 0.1) is 17.3 Å². The normalized spacial score (nSPS) is 19.0. The highest BCUT2D eigenvalue weighted by Crippen LogP contribution is 2.50. The molecule has 38 heavy (non-hydrogen) atoms. The molecule has 1 aliphatic carbocycles. The Labute approximate surface area is 220 Å². The summed E-state index contributed by atoms with van der Waals surface area (Å²) in [7, 11) is 0. The zero-order valence-corrected chi connectivity index (χ0v) is 22.0. The van der Waals surface area contributed by atoms with E-state index in [4.69, 9.17) is 10.5 Å². The minimum Gasteiger partial charge on any atom is -0.444 e. The standard InChI is InChI=1S/C28H31FN4O5/c1-27(2,3)38-26(36)32-12-16(13-32)23(34)22-21(24(30)35)31-25-19-10-14(6-7-28(4,5)37)20(29)11-18(19)15-8-17(9-15)33(22)25/h8,10-11,16-17,23,34,37H,9,12-13H2,1-5H3,(H2,30,35)/t17-,23?/m1/s1. The predicted octanol–water partition coefficient (Wildman–Crippen LogP) is 3.15. The number of likely N-dealkylation sites (tertiary alicyclic amines) is 1. The number of hydrogen-bond donors (Lipinski definition) is 3. The summed E-state index contributed by atoms with van der Waals surface area (Å²) < 4.78 is 22.2. The lowest BCUT2D eigenvalue weighted by Crippen LogP contribution is -2.53. The quantitative estimate of drug-likeness (QED) is 0.531. The number of nitrogens with two attached hydrogens (primary N) is 1. The van der Waals surface area contributed by atoms with E-state index in [1.165, 1.54) is 24.8 Å². The summed E-state index contributed by atoms with van der Waals surface area (Å²) in [4.78, 5) is 30.9. The number of amides is 2. The molecule has 0 spiro atoms. The predicted molar refractivity (Wildman–Crippen MR) is 137 cm³/mol. The van der Waals surface area contributed by atoms with Crippen molar-refractivity contribution >= 4 is 17.6 Å². The molecule has 0 saturated carbocycles. The fourth-order valence-electron chi connectivity index (χ4n) is 4.98. The summed E-state index contributed by atoms with van der Waals surface area (Å²) in [6.07, 6.45) is 0.932. The largest absolute Gasteiger partial charge is 0.444 e. The van der Waals surface area contributed by atoms with Crippen LogP contribution in [0.5, 0.6) is 0 Å². The summed E-state index contributed by atoms with van der Waals surface area (Å²) in [5.41, 5.74) is 6.16. The fourth-order valence-corrected chi connectivity index (χ4v) is 4.98. The number of carbonyl (C=O) groups is 2. The lowest BCUT2D eigenvalue weighted by atomic mass is 9.85. The van der Waals surface area contributed by atoms with E-state index < -0.39 is 35.1 Å². The summed E-state index contributed by atoms with van der Waals surface area (Å²) in [6, 6.07) is 2.74. The van der Waals surface area contributed by atoms with Gasteiger partial charge in [-0.05, 0) is 64.3 Å². The van der Waals surface area contributed by atoms with E-state index in [0.29, 0.717) is 23.4 Å². The molecule has 200 valence electrons. The third-order valence-electron chi connectivity index (χ3n) is 6.82. The van der Waals surface area contributed by atoms with Crippen LogP contribution in [0.3, 0.4) is 0 Å². The zero-order valence-electron chi connectivity index (χ0n) is 22.0. The van der Waals surface area contributed by atoms with Crippen LogP contribution in [0.1, 0.15) is 80.5 Å². The molecule has 1 aromatic heterocycles. The molecule has 10 heteroatoms. The first-order valence-electron chi connectivity index (χ1n) is 12.5. The van der Waals surface area contributed by atoms with Gasteiger partial charge < -0.3 is 30.2 Å². The Bertz CT molecular complexity index is 1440. The Morgan fingerprint density at radius 2 is 1.87 bits per heavy atom. The number of allylic oxidation sites excluding steroid dienone is 2. The van der Waals surface area contributed by atoms with Crippen LogP contribution in [0.4, 0.5) is 9.18 Å². The Morgan fingerprint density at radius 3 is 2.45 bits per heavy atom. The van der Waals surface area contributed by atoms with Crippen molar-refractivity contribution in [3.63, 3.8) is 0 Å². The third kappa shape index (κ3) is 4.57. The Morgan fingerprint density at radius 1 is 1.21 bits per heavy atom. The molecular weight excluding hydrogens is 491 g/mol. The van der Waals surface area contributed by atoms with Gasteiger partial charge in [-0.25, -0.2) is 14.2 Å². The first kappa shape index (κ1) is 25.9. The van der Waals surface area contributed by atoms with Crippen molar-refractivity contribution in [3.8, 4) is 23.2 Å². The second-order valence-corrected chi connectivity index (χ2v) is 11.6. The van der Waals surface area contributed by atoms with E-state index in [9.17, 15) is 24.2 Å². The third-order valence-corrected chi connectivity index (χ3v) is 6.82. The second kappa shape index (κ2) is 8.68. The summed E-state index contributed by atoms with van der Waals surface area (Å²) in [5, 5.41) is 21.4. The van der Waals surface area contributed by atoms with Gasteiger partial charge >= 0.3 is 6.09 Å². The van der Waals surface area contributed by atoms with Crippen molar-refractivity contribution < 1.29 is 28.9 Å². The number of nitrogens with zero attached hydrogens (tertiary/aromatic N) is 3. The first-order chi connectivity index (χ1) is 17.6. The number of aliphatic hydroxyl groups is 2. The minimum absolute atomic E-state index is 0.0635. The number of halogens is 1. The molecule has 2 atom stereocenters. The van der Waals surface area contributed by atoms with Gasteiger partial charge in [-0.2, -0.15) is 0 Å². The Balaban J connectivity index is 1.54.